The van der Waals surface area contributed by atoms with Crippen LogP contribution in [0.25, 0.3) is 0 Å². The van der Waals surface area contributed by atoms with Crippen molar-refractivity contribution in [3.63, 3.8) is 0 Å². The standard InChI is InChI=1S/C16H24N2O4/c1-12-6-8-13(9-7-12)11-22-16(20)18-10-4-3-5-14(17)15(19)21-2/h6-9,14H,3-5,10-11,17H2,1-2H3,(H,18,20)/t14-/m0/s1. The molecule has 0 unspecified atom stereocenters. The highest BCUT2D eigenvalue weighted by Crippen LogP contribution is 2.04. The van der Waals surface area contributed by atoms with E-state index in [9.17, 15) is 9.59 Å². The van der Waals surface area contributed by atoms with E-state index < -0.39 is 18.1 Å². The molecule has 0 aromatic heterocycles. The van der Waals surface area contributed by atoms with Gasteiger partial charge in [-0.15, -0.1) is 0 Å². The van der Waals surface area contributed by atoms with Crippen LogP contribution in [0.5, 0.6) is 0 Å². The maximum absolute atomic E-state index is 11.5. The lowest BCUT2D eigenvalue weighted by molar-refractivity contribution is -0.142. The molecule has 0 spiro atoms. The molecule has 122 valence electrons. The fraction of sp³-hybridized carbons (Fsp3) is 0.500. The van der Waals surface area contributed by atoms with Crippen LogP contribution in [0.4, 0.5) is 4.79 Å². The summed E-state index contributed by atoms with van der Waals surface area (Å²) in [6.45, 7) is 2.74. The fourth-order valence-corrected chi connectivity index (χ4v) is 1.83. The molecule has 6 nitrogen and oxygen atoms in total. The normalized spacial score (nSPS) is 11.6. The number of unbranched alkanes of at least 4 members (excludes halogenated alkanes) is 1. The summed E-state index contributed by atoms with van der Waals surface area (Å²) in [7, 11) is 1.31. The smallest absolute Gasteiger partial charge is 0.407 e. The number of nitrogens with two attached hydrogens (primary N) is 1. The number of carbonyl (C=O) groups excluding carboxylic acids is 2. The van der Waals surface area contributed by atoms with E-state index in [1.807, 2.05) is 31.2 Å². The number of ether oxygens (including phenoxy) is 2. The first-order valence-electron chi connectivity index (χ1n) is 7.32. The third kappa shape index (κ3) is 7.08. The SMILES string of the molecule is COC(=O)[C@@H](N)CCCCNC(=O)OCc1ccc(C)cc1. The van der Waals surface area contributed by atoms with Crippen molar-refractivity contribution in [2.75, 3.05) is 13.7 Å². The number of hydrogen-bond acceptors (Lipinski definition) is 5. The molecule has 0 heterocycles. The van der Waals surface area contributed by atoms with E-state index in [0.717, 1.165) is 18.4 Å². The second-order valence-corrected chi connectivity index (χ2v) is 5.11. The zero-order valence-electron chi connectivity index (χ0n) is 13.1. The second-order valence-electron chi connectivity index (χ2n) is 5.11. The Balaban J connectivity index is 2.08. The molecule has 22 heavy (non-hydrogen) atoms. The van der Waals surface area contributed by atoms with Gasteiger partial charge in [0, 0.05) is 6.54 Å². The zero-order valence-corrected chi connectivity index (χ0v) is 13.1. The van der Waals surface area contributed by atoms with Gasteiger partial charge in [0.05, 0.1) is 7.11 Å². The van der Waals surface area contributed by atoms with Crippen molar-refractivity contribution in [2.24, 2.45) is 5.73 Å². The molecule has 1 atom stereocenters. The van der Waals surface area contributed by atoms with Gasteiger partial charge >= 0.3 is 12.1 Å². The number of nitrogens with one attached hydrogen (secondary N) is 1. The van der Waals surface area contributed by atoms with Gasteiger partial charge in [-0.3, -0.25) is 4.79 Å². The number of carbonyl (C=O) groups is 2. The van der Waals surface area contributed by atoms with Crippen LogP contribution in [-0.2, 0) is 20.9 Å². The highest BCUT2D eigenvalue weighted by molar-refractivity contribution is 5.75. The highest BCUT2D eigenvalue weighted by Gasteiger charge is 2.12. The van der Waals surface area contributed by atoms with Crippen molar-refractivity contribution in [3.05, 3.63) is 35.4 Å². The van der Waals surface area contributed by atoms with Crippen molar-refractivity contribution in [1.29, 1.82) is 0 Å². The van der Waals surface area contributed by atoms with Crippen LogP contribution < -0.4 is 11.1 Å². The molecule has 0 saturated heterocycles. The average molecular weight is 308 g/mol. The summed E-state index contributed by atoms with van der Waals surface area (Å²) in [6.07, 6.45) is 1.55. The monoisotopic (exact) mass is 308 g/mol. The van der Waals surface area contributed by atoms with Crippen LogP contribution in [-0.4, -0.2) is 31.8 Å². The number of alkyl carbamates (subject to hydrolysis) is 1. The van der Waals surface area contributed by atoms with Crippen molar-refractivity contribution in [2.45, 2.75) is 38.8 Å². The summed E-state index contributed by atoms with van der Waals surface area (Å²) in [5.74, 6) is -0.412. The van der Waals surface area contributed by atoms with Crippen molar-refractivity contribution >= 4 is 12.1 Å². The molecule has 1 rings (SSSR count). The van der Waals surface area contributed by atoms with Gasteiger partial charge in [-0.05, 0) is 31.7 Å². The third-order valence-corrected chi connectivity index (χ3v) is 3.21. The van der Waals surface area contributed by atoms with E-state index in [1.54, 1.807) is 0 Å². The number of esters is 1. The molecule has 6 heteroatoms. The second kappa shape index (κ2) is 9.78. The van der Waals surface area contributed by atoms with Crippen molar-refractivity contribution in [3.8, 4) is 0 Å². The average Bonchev–Trinajstić information content (AvgIpc) is 2.53. The number of amides is 1. The molecule has 0 aliphatic rings. The molecule has 0 saturated carbocycles. The van der Waals surface area contributed by atoms with Crippen LogP contribution in [0.2, 0.25) is 0 Å². The Morgan fingerprint density at radius 2 is 1.91 bits per heavy atom. The Bertz CT molecular complexity index is 474. The number of rotatable bonds is 8. The van der Waals surface area contributed by atoms with Gasteiger partial charge in [0.25, 0.3) is 0 Å². The maximum Gasteiger partial charge on any atom is 0.407 e. The predicted molar refractivity (Wildman–Crippen MR) is 83.2 cm³/mol. The molecule has 0 aliphatic carbocycles. The van der Waals surface area contributed by atoms with Crippen molar-refractivity contribution in [1.82, 2.24) is 5.32 Å². The van der Waals surface area contributed by atoms with Crippen LogP contribution in [0.15, 0.2) is 24.3 Å². The zero-order chi connectivity index (χ0) is 16.4. The Morgan fingerprint density at radius 1 is 1.23 bits per heavy atom. The summed E-state index contributed by atoms with van der Waals surface area (Å²) in [4.78, 5) is 22.6. The molecule has 0 fully saturated rings. The van der Waals surface area contributed by atoms with Crippen molar-refractivity contribution < 1.29 is 19.1 Å². The van der Waals surface area contributed by atoms with Gasteiger partial charge < -0.3 is 20.5 Å². The maximum atomic E-state index is 11.5. The number of hydrogen-bond donors (Lipinski definition) is 2. The van der Waals surface area contributed by atoms with Gasteiger partial charge in [-0.2, -0.15) is 0 Å². The van der Waals surface area contributed by atoms with E-state index in [4.69, 9.17) is 10.5 Å². The molecule has 3 N–H and O–H groups in total. The molecular weight excluding hydrogens is 284 g/mol. The van der Waals surface area contributed by atoms with E-state index in [1.165, 1.54) is 12.7 Å². The topological polar surface area (TPSA) is 90.6 Å². The first-order chi connectivity index (χ1) is 10.5. The predicted octanol–water partition coefficient (Wildman–Crippen LogP) is 1.89. The molecule has 0 aliphatic heterocycles. The van der Waals surface area contributed by atoms with E-state index in [-0.39, 0.29) is 6.61 Å². The lowest BCUT2D eigenvalue weighted by Crippen LogP contribution is -2.31. The number of methoxy groups -OCH3 is 1. The van der Waals surface area contributed by atoms with Gasteiger partial charge in [0.1, 0.15) is 12.6 Å². The van der Waals surface area contributed by atoms with Crippen LogP contribution in [0.1, 0.15) is 30.4 Å². The van der Waals surface area contributed by atoms with Gasteiger partial charge in [-0.25, -0.2) is 4.79 Å². The summed E-state index contributed by atoms with van der Waals surface area (Å²) in [5.41, 5.74) is 7.72. The van der Waals surface area contributed by atoms with Gasteiger partial charge in [0.15, 0.2) is 0 Å². The van der Waals surface area contributed by atoms with Crippen LogP contribution >= 0.6 is 0 Å². The summed E-state index contributed by atoms with van der Waals surface area (Å²) < 4.78 is 9.64. The van der Waals surface area contributed by atoms with Crippen LogP contribution in [0, 0.1) is 6.92 Å². The number of benzene rings is 1. The minimum Gasteiger partial charge on any atom is -0.468 e. The largest absolute Gasteiger partial charge is 0.468 e. The lowest BCUT2D eigenvalue weighted by atomic mass is 10.1. The lowest BCUT2D eigenvalue weighted by Gasteiger charge is -2.09. The highest BCUT2D eigenvalue weighted by atomic mass is 16.5. The van der Waals surface area contributed by atoms with E-state index >= 15 is 0 Å². The Kier molecular flexibility index (Phi) is 7.99. The van der Waals surface area contributed by atoms with E-state index in [0.29, 0.717) is 13.0 Å². The molecule has 1 aromatic rings. The minimum absolute atomic E-state index is 0.249. The summed E-state index contributed by atoms with van der Waals surface area (Å²) in [5, 5.41) is 2.66. The van der Waals surface area contributed by atoms with Gasteiger partial charge in [0.2, 0.25) is 0 Å². The van der Waals surface area contributed by atoms with Gasteiger partial charge in [-0.1, -0.05) is 29.8 Å². The fourth-order valence-electron chi connectivity index (χ4n) is 1.83. The molecule has 1 aromatic carbocycles. The Morgan fingerprint density at radius 3 is 2.55 bits per heavy atom. The summed E-state index contributed by atoms with van der Waals surface area (Å²) >= 11 is 0. The van der Waals surface area contributed by atoms with Crippen LogP contribution in [0.3, 0.4) is 0 Å². The molecule has 1 amide bonds. The Labute approximate surface area is 131 Å². The number of aryl methyl sites for hydroxylation is 1. The molecule has 0 bridgehead atoms. The third-order valence-electron chi connectivity index (χ3n) is 3.21. The minimum atomic E-state index is -0.599. The first-order valence-corrected chi connectivity index (χ1v) is 7.32. The molecular formula is C16H24N2O4. The quantitative estimate of drug-likeness (QED) is 0.565. The first kappa shape index (κ1) is 18.0. The summed E-state index contributed by atoms with van der Waals surface area (Å²) in [6, 6.07) is 7.20. The van der Waals surface area contributed by atoms with E-state index in [2.05, 4.69) is 10.1 Å². The molecule has 0 radical (unpaired) electrons. The Hall–Kier alpha value is -2.08.